The van der Waals surface area contributed by atoms with E-state index in [-0.39, 0.29) is 11.5 Å². The number of hydrogen-bond acceptors (Lipinski definition) is 1. The fourth-order valence-electron chi connectivity index (χ4n) is 5.08. The molecule has 0 aromatic heterocycles. The Hall–Kier alpha value is -2.12. The molecule has 27 heavy (non-hydrogen) atoms. The lowest BCUT2D eigenvalue weighted by atomic mass is 9.83. The van der Waals surface area contributed by atoms with Crippen molar-refractivity contribution >= 4 is 0 Å². The van der Waals surface area contributed by atoms with E-state index in [9.17, 15) is 5.11 Å². The second-order valence-corrected chi connectivity index (χ2v) is 8.33. The van der Waals surface area contributed by atoms with Crippen molar-refractivity contribution in [3.05, 3.63) is 94.6 Å². The molecule has 1 heteroatoms. The van der Waals surface area contributed by atoms with Gasteiger partial charge in [0.25, 0.3) is 0 Å². The van der Waals surface area contributed by atoms with Crippen molar-refractivity contribution in [2.24, 2.45) is 5.92 Å². The van der Waals surface area contributed by atoms with Gasteiger partial charge in [-0.2, -0.15) is 0 Å². The number of aliphatic hydroxyl groups is 1. The lowest BCUT2D eigenvalue weighted by molar-refractivity contribution is 0.125. The minimum atomic E-state index is -0.344. The van der Waals surface area contributed by atoms with Gasteiger partial charge >= 0.3 is 0 Å². The van der Waals surface area contributed by atoms with Crippen molar-refractivity contribution in [3.8, 4) is 0 Å². The highest BCUT2D eigenvalue weighted by atomic mass is 16.3. The van der Waals surface area contributed by atoms with Gasteiger partial charge in [0.1, 0.15) is 0 Å². The minimum Gasteiger partial charge on any atom is -0.389 e. The van der Waals surface area contributed by atoms with Crippen molar-refractivity contribution in [3.63, 3.8) is 0 Å². The number of rotatable bonds is 4. The van der Waals surface area contributed by atoms with Crippen LogP contribution in [0.3, 0.4) is 0 Å². The largest absolute Gasteiger partial charge is 0.389 e. The van der Waals surface area contributed by atoms with Crippen LogP contribution in [0.15, 0.2) is 83.5 Å². The normalized spacial score (nSPS) is 21.9. The van der Waals surface area contributed by atoms with Crippen LogP contribution in [0.4, 0.5) is 0 Å². The first-order valence-corrected chi connectivity index (χ1v) is 10.4. The molecular formula is C26H30O. The van der Waals surface area contributed by atoms with Crippen LogP contribution in [0.2, 0.25) is 0 Å². The van der Waals surface area contributed by atoms with Gasteiger partial charge in [0.05, 0.1) is 11.5 Å². The summed E-state index contributed by atoms with van der Waals surface area (Å²) in [4.78, 5) is 0. The first-order valence-electron chi connectivity index (χ1n) is 10.4. The summed E-state index contributed by atoms with van der Waals surface area (Å²) in [5.74, 6) is 0.412. The van der Waals surface area contributed by atoms with E-state index in [4.69, 9.17) is 0 Å². The maximum atomic E-state index is 11.0. The standard InChI is InChI=1S/C26H30O/c1-19(2)25-23(18-24(27)20-12-6-3-7-13-20)26(25,21-14-8-4-9-15-21)22-16-10-5-11-17-22/h4-5,8-11,14-18,20,24,27H,3,6-7,12-13H2,1-2H3/b23-18-. The number of hydrogen-bond donors (Lipinski definition) is 1. The predicted molar refractivity (Wildman–Crippen MR) is 113 cm³/mol. The molecule has 0 saturated heterocycles. The lowest BCUT2D eigenvalue weighted by Gasteiger charge is -2.24. The summed E-state index contributed by atoms with van der Waals surface area (Å²) in [5.41, 5.74) is 6.43. The van der Waals surface area contributed by atoms with E-state index in [2.05, 4.69) is 80.6 Å². The fourth-order valence-corrected chi connectivity index (χ4v) is 5.08. The zero-order valence-electron chi connectivity index (χ0n) is 16.5. The van der Waals surface area contributed by atoms with E-state index >= 15 is 0 Å². The first-order chi connectivity index (χ1) is 13.2. The van der Waals surface area contributed by atoms with Crippen LogP contribution in [-0.2, 0) is 5.41 Å². The quantitative estimate of drug-likeness (QED) is 0.691. The first kappa shape index (κ1) is 18.3. The molecule has 1 atom stereocenters. The molecule has 2 saturated carbocycles. The van der Waals surface area contributed by atoms with E-state index in [1.807, 2.05) is 0 Å². The molecule has 140 valence electrons. The van der Waals surface area contributed by atoms with Crippen LogP contribution < -0.4 is 0 Å². The Balaban J connectivity index is 1.82. The molecule has 2 fully saturated rings. The fraction of sp³-hybridized carbons (Fsp3) is 0.385. The Morgan fingerprint density at radius 1 is 0.889 bits per heavy atom. The van der Waals surface area contributed by atoms with Crippen molar-refractivity contribution in [1.82, 2.24) is 0 Å². The van der Waals surface area contributed by atoms with E-state index in [1.165, 1.54) is 47.1 Å². The summed E-state index contributed by atoms with van der Waals surface area (Å²) in [6.07, 6.45) is 7.96. The van der Waals surface area contributed by atoms with E-state index < -0.39 is 0 Å². The Morgan fingerprint density at radius 2 is 1.41 bits per heavy atom. The molecule has 0 aliphatic heterocycles. The van der Waals surface area contributed by atoms with Gasteiger partial charge in [-0.05, 0) is 54.9 Å². The number of benzene rings is 2. The van der Waals surface area contributed by atoms with Crippen molar-refractivity contribution in [2.45, 2.75) is 57.5 Å². The van der Waals surface area contributed by atoms with E-state index in [1.54, 1.807) is 0 Å². The monoisotopic (exact) mass is 358 g/mol. The second-order valence-electron chi connectivity index (χ2n) is 8.33. The van der Waals surface area contributed by atoms with Gasteiger partial charge in [-0.3, -0.25) is 0 Å². The zero-order valence-corrected chi connectivity index (χ0v) is 16.5. The molecule has 2 aliphatic rings. The predicted octanol–water partition coefficient (Wildman–Crippen LogP) is 6.19. The number of aliphatic hydroxyl groups excluding tert-OH is 1. The summed E-state index contributed by atoms with van der Waals surface area (Å²) in [6.45, 7) is 4.40. The summed E-state index contributed by atoms with van der Waals surface area (Å²) in [7, 11) is 0. The molecule has 1 unspecified atom stereocenters. The Kier molecular flexibility index (Phi) is 5.06. The lowest BCUT2D eigenvalue weighted by Crippen LogP contribution is -2.21. The molecule has 1 N–H and O–H groups in total. The molecule has 0 radical (unpaired) electrons. The van der Waals surface area contributed by atoms with Crippen molar-refractivity contribution < 1.29 is 5.11 Å². The highest BCUT2D eigenvalue weighted by Crippen LogP contribution is 2.64. The van der Waals surface area contributed by atoms with Crippen LogP contribution >= 0.6 is 0 Å². The van der Waals surface area contributed by atoms with Crippen LogP contribution in [0.25, 0.3) is 0 Å². The molecule has 2 aliphatic carbocycles. The van der Waals surface area contributed by atoms with Gasteiger partial charge in [-0.1, -0.05) is 91.6 Å². The number of allylic oxidation sites excluding steroid dienone is 3. The van der Waals surface area contributed by atoms with Gasteiger partial charge in [0.2, 0.25) is 0 Å². The van der Waals surface area contributed by atoms with Gasteiger partial charge in [-0.25, -0.2) is 0 Å². The maximum absolute atomic E-state index is 11.0. The van der Waals surface area contributed by atoms with E-state index in [0.29, 0.717) is 5.92 Å². The van der Waals surface area contributed by atoms with Crippen LogP contribution in [0, 0.1) is 5.92 Å². The smallest absolute Gasteiger partial charge is 0.0755 e. The molecule has 0 bridgehead atoms. The highest BCUT2D eigenvalue weighted by Gasteiger charge is 2.57. The van der Waals surface area contributed by atoms with Crippen LogP contribution in [-0.4, -0.2) is 11.2 Å². The maximum Gasteiger partial charge on any atom is 0.0755 e. The van der Waals surface area contributed by atoms with Gasteiger partial charge in [-0.15, -0.1) is 0 Å². The summed E-state index contributed by atoms with van der Waals surface area (Å²) in [5, 5.41) is 11.0. The third kappa shape index (κ3) is 3.19. The van der Waals surface area contributed by atoms with Gasteiger partial charge in [0.15, 0.2) is 0 Å². The molecule has 4 rings (SSSR count). The molecule has 2 aromatic carbocycles. The summed E-state index contributed by atoms with van der Waals surface area (Å²) in [6, 6.07) is 21.5. The molecular weight excluding hydrogens is 328 g/mol. The van der Waals surface area contributed by atoms with Gasteiger partial charge < -0.3 is 5.11 Å². The Bertz CT molecular complexity index is 795. The molecule has 2 aromatic rings. The molecule has 1 nitrogen and oxygen atoms in total. The molecule has 0 heterocycles. The SMILES string of the molecule is CC(C)=C1/C(=C/C(O)C2CCCCC2)C1(c1ccccc1)c1ccccc1. The molecule has 0 amide bonds. The third-order valence-corrected chi connectivity index (χ3v) is 6.37. The van der Waals surface area contributed by atoms with Crippen molar-refractivity contribution in [2.75, 3.05) is 0 Å². The summed E-state index contributed by atoms with van der Waals surface area (Å²) < 4.78 is 0. The highest BCUT2D eigenvalue weighted by molar-refractivity contribution is 5.80. The van der Waals surface area contributed by atoms with Crippen molar-refractivity contribution in [1.29, 1.82) is 0 Å². The average molecular weight is 359 g/mol. The van der Waals surface area contributed by atoms with E-state index in [0.717, 1.165) is 12.8 Å². The zero-order chi connectivity index (χ0) is 18.9. The molecule has 0 spiro atoms. The van der Waals surface area contributed by atoms with Crippen LogP contribution in [0.5, 0.6) is 0 Å². The Labute approximate surface area is 163 Å². The minimum absolute atomic E-state index is 0.197. The Morgan fingerprint density at radius 3 is 1.89 bits per heavy atom. The average Bonchev–Trinajstić information content (AvgIpc) is 3.39. The summed E-state index contributed by atoms with van der Waals surface area (Å²) >= 11 is 0. The topological polar surface area (TPSA) is 20.2 Å². The second kappa shape index (κ2) is 7.48. The third-order valence-electron chi connectivity index (χ3n) is 6.37. The van der Waals surface area contributed by atoms with Crippen LogP contribution in [0.1, 0.15) is 57.1 Å². The van der Waals surface area contributed by atoms with Gasteiger partial charge in [0, 0.05) is 0 Å².